The van der Waals surface area contributed by atoms with Crippen LogP contribution in [0.2, 0.25) is 0 Å². The van der Waals surface area contributed by atoms with E-state index in [1.807, 2.05) is 0 Å². The van der Waals surface area contributed by atoms with Gasteiger partial charge in [0.05, 0.1) is 6.61 Å². The normalized spacial score (nSPS) is 11.0. The van der Waals surface area contributed by atoms with Crippen molar-refractivity contribution in [1.29, 1.82) is 0 Å². The third kappa shape index (κ3) is 7.54. The van der Waals surface area contributed by atoms with Crippen molar-refractivity contribution in [2.45, 2.75) is 71.9 Å². The lowest BCUT2D eigenvalue weighted by atomic mass is 10.1. The number of benzene rings is 1. The molecule has 0 saturated heterocycles. The molecule has 0 atom stereocenters. The molecule has 0 radical (unpaired) electrons. The van der Waals surface area contributed by atoms with Gasteiger partial charge in [-0.05, 0) is 12.5 Å². The molecular formula is C18H31NO. The monoisotopic (exact) mass is 277 g/mol. The molecule has 2 nitrogen and oxygen atoms in total. The van der Waals surface area contributed by atoms with E-state index in [4.69, 9.17) is 4.74 Å². The molecule has 0 aliphatic heterocycles. The van der Waals surface area contributed by atoms with Crippen molar-refractivity contribution >= 4 is 0 Å². The molecule has 0 aliphatic carbocycles. The second-order valence-corrected chi connectivity index (χ2v) is 5.76. The van der Waals surface area contributed by atoms with Gasteiger partial charge in [-0.2, -0.15) is 0 Å². The molecule has 1 N–H and O–H groups in total. The van der Waals surface area contributed by atoms with Crippen LogP contribution < -0.4 is 10.1 Å². The van der Waals surface area contributed by atoms with E-state index in [2.05, 4.69) is 50.4 Å². The van der Waals surface area contributed by atoms with Gasteiger partial charge in [-0.25, -0.2) is 0 Å². The Morgan fingerprint density at radius 3 is 2.45 bits per heavy atom. The highest BCUT2D eigenvalue weighted by atomic mass is 16.5. The Bertz CT molecular complexity index is 349. The quantitative estimate of drug-likeness (QED) is 0.579. The highest BCUT2D eigenvalue weighted by molar-refractivity contribution is 5.33. The minimum absolute atomic E-state index is 0.502. The van der Waals surface area contributed by atoms with Gasteiger partial charge >= 0.3 is 0 Å². The van der Waals surface area contributed by atoms with Crippen LogP contribution in [0.5, 0.6) is 5.75 Å². The molecular weight excluding hydrogens is 246 g/mol. The molecule has 114 valence electrons. The number of hydrogen-bond acceptors (Lipinski definition) is 2. The average Bonchev–Trinajstić information content (AvgIpc) is 2.45. The Kier molecular flexibility index (Phi) is 9.14. The van der Waals surface area contributed by atoms with Crippen LogP contribution in [0.3, 0.4) is 0 Å². The molecule has 0 saturated carbocycles. The van der Waals surface area contributed by atoms with Crippen molar-refractivity contribution in [2.75, 3.05) is 6.61 Å². The molecule has 0 spiro atoms. The van der Waals surface area contributed by atoms with Gasteiger partial charge in [0.25, 0.3) is 0 Å². The fraction of sp³-hybridized carbons (Fsp3) is 0.667. The lowest BCUT2D eigenvalue weighted by Gasteiger charge is -2.13. The Morgan fingerprint density at radius 1 is 1.00 bits per heavy atom. The van der Waals surface area contributed by atoms with Crippen molar-refractivity contribution < 1.29 is 4.74 Å². The summed E-state index contributed by atoms with van der Waals surface area (Å²) in [6.45, 7) is 8.31. The van der Waals surface area contributed by atoms with Crippen LogP contribution in [0, 0.1) is 0 Å². The zero-order valence-corrected chi connectivity index (χ0v) is 13.5. The Morgan fingerprint density at radius 2 is 1.70 bits per heavy atom. The molecule has 1 aromatic carbocycles. The van der Waals surface area contributed by atoms with Crippen molar-refractivity contribution in [3.05, 3.63) is 29.8 Å². The number of nitrogens with one attached hydrogen (secondary N) is 1. The van der Waals surface area contributed by atoms with Gasteiger partial charge in [-0.15, -0.1) is 0 Å². The number of rotatable bonds is 11. The van der Waals surface area contributed by atoms with E-state index in [1.54, 1.807) is 0 Å². The number of ether oxygens (including phenoxy) is 1. The molecule has 1 aromatic rings. The summed E-state index contributed by atoms with van der Waals surface area (Å²) < 4.78 is 5.94. The summed E-state index contributed by atoms with van der Waals surface area (Å²) in [5, 5.41) is 3.45. The molecule has 20 heavy (non-hydrogen) atoms. The lowest BCUT2D eigenvalue weighted by Crippen LogP contribution is -2.22. The van der Waals surface area contributed by atoms with Gasteiger partial charge in [0.2, 0.25) is 0 Å². The van der Waals surface area contributed by atoms with Gasteiger partial charge in [-0.1, -0.05) is 71.1 Å². The summed E-state index contributed by atoms with van der Waals surface area (Å²) in [5.41, 5.74) is 1.26. The first kappa shape index (κ1) is 17.0. The fourth-order valence-corrected chi connectivity index (χ4v) is 2.17. The fourth-order valence-electron chi connectivity index (χ4n) is 2.17. The molecule has 1 rings (SSSR count). The van der Waals surface area contributed by atoms with Crippen molar-refractivity contribution in [3.63, 3.8) is 0 Å². The van der Waals surface area contributed by atoms with Crippen molar-refractivity contribution in [3.8, 4) is 5.75 Å². The lowest BCUT2D eigenvalue weighted by molar-refractivity contribution is 0.300. The Hall–Kier alpha value is -1.02. The van der Waals surface area contributed by atoms with E-state index in [1.165, 1.54) is 37.7 Å². The van der Waals surface area contributed by atoms with Crippen molar-refractivity contribution in [1.82, 2.24) is 5.32 Å². The molecule has 0 aromatic heterocycles. The Balaban J connectivity index is 2.25. The van der Waals surface area contributed by atoms with Crippen LogP contribution >= 0.6 is 0 Å². The molecule has 0 fully saturated rings. The maximum Gasteiger partial charge on any atom is 0.123 e. The summed E-state index contributed by atoms with van der Waals surface area (Å²) >= 11 is 0. The maximum absolute atomic E-state index is 5.94. The van der Waals surface area contributed by atoms with Crippen LogP contribution in [0.25, 0.3) is 0 Å². The largest absolute Gasteiger partial charge is 0.493 e. The molecule has 0 bridgehead atoms. The van der Waals surface area contributed by atoms with E-state index < -0.39 is 0 Å². The third-order valence-electron chi connectivity index (χ3n) is 3.43. The van der Waals surface area contributed by atoms with Gasteiger partial charge in [0.15, 0.2) is 0 Å². The first-order chi connectivity index (χ1) is 9.74. The number of hydrogen-bond donors (Lipinski definition) is 1. The van der Waals surface area contributed by atoms with Crippen molar-refractivity contribution in [2.24, 2.45) is 0 Å². The molecule has 0 unspecified atom stereocenters. The van der Waals surface area contributed by atoms with E-state index in [-0.39, 0.29) is 0 Å². The van der Waals surface area contributed by atoms with Gasteiger partial charge in [0.1, 0.15) is 5.75 Å². The molecule has 0 amide bonds. The van der Waals surface area contributed by atoms with E-state index in [0.717, 1.165) is 25.3 Å². The predicted molar refractivity (Wildman–Crippen MR) is 87.3 cm³/mol. The van der Waals surface area contributed by atoms with Gasteiger partial charge in [-0.3, -0.25) is 0 Å². The van der Waals surface area contributed by atoms with E-state index in [0.29, 0.717) is 6.04 Å². The SMILES string of the molecule is CCCCCCCCOc1ccccc1CNC(C)C. The minimum Gasteiger partial charge on any atom is -0.493 e. The third-order valence-corrected chi connectivity index (χ3v) is 3.43. The summed E-state index contributed by atoms with van der Waals surface area (Å²) in [6.07, 6.45) is 7.83. The van der Waals surface area contributed by atoms with Crippen LogP contribution in [-0.4, -0.2) is 12.6 Å². The average molecular weight is 277 g/mol. The molecule has 0 heterocycles. The summed E-state index contributed by atoms with van der Waals surface area (Å²) in [5.74, 6) is 1.04. The predicted octanol–water partition coefficient (Wildman–Crippen LogP) is 4.92. The number of para-hydroxylation sites is 1. The highest BCUT2D eigenvalue weighted by Gasteiger charge is 2.03. The number of unbranched alkanes of at least 4 members (excludes halogenated alkanes) is 5. The second kappa shape index (κ2) is 10.7. The van der Waals surface area contributed by atoms with Crippen LogP contribution in [0.1, 0.15) is 64.9 Å². The van der Waals surface area contributed by atoms with Crippen LogP contribution in [0.4, 0.5) is 0 Å². The summed E-state index contributed by atoms with van der Waals surface area (Å²) in [7, 11) is 0. The summed E-state index contributed by atoms with van der Waals surface area (Å²) in [6, 6.07) is 8.85. The summed E-state index contributed by atoms with van der Waals surface area (Å²) in [4.78, 5) is 0. The van der Waals surface area contributed by atoms with Crippen LogP contribution in [-0.2, 0) is 6.54 Å². The zero-order chi connectivity index (χ0) is 14.6. The van der Waals surface area contributed by atoms with Gasteiger partial charge in [0, 0.05) is 18.2 Å². The minimum atomic E-state index is 0.502. The zero-order valence-electron chi connectivity index (χ0n) is 13.5. The van der Waals surface area contributed by atoms with E-state index >= 15 is 0 Å². The standard InChI is InChI=1S/C18H31NO/c1-4-5-6-7-8-11-14-20-18-13-10-9-12-17(18)15-19-16(2)3/h9-10,12-13,16,19H,4-8,11,14-15H2,1-3H3. The smallest absolute Gasteiger partial charge is 0.123 e. The first-order valence-corrected chi connectivity index (χ1v) is 8.18. The first-order valence-electron chi connectivity index (χ1n) is 8.18. The van der Waals surface area contributed by atoms with Crippen LogP contribution in [0.15, 0.2) is 24.3 Å². The van der Waals surface area contributed by atoms with E-state index in [9.17, 15) is 0 Å². The second-order valence-electron chi connectivity index (χ2n) is 5.76. The Labute approximate surface area is 124 Å². The highest BCUT2D eigenvalue weighted by Crippen LogP contribution is 2.18. The maximum atomic E-state index is 5.94. The molecule has 0 aliphatic rings. The van der Waals surface area contributed by atoms with Gasteiger partial charge < -0.3 is 10.1 Å². The molecule has 2 heteroatoms. The topological polar surface area (TPSA) is 21.3 Å².